The zero-order valence-electron chi connectivity index (χ0n) is 18.8. The van der Waals surface area contributed by atoms with Crippen molar-refractivity contribution >= 4 is 46.3 Å². The fraction of sp³-hybridized carbons (Fsp3) is 0.231. The number of benzene rings is 2. The van der Waals surface area contributed by atoms with Crippen molar-refractivity contribution in [3.63, 3.8) is 0 Å². The molecule has 174 valence electrons. The second kappa shape index (κ2) is 10.8. The molecule has 1 saturated heterocycles. The van der Waals surface area contributed by atoms with Gasteiger partial charge in [-0.3, -0.25) is 14.5 Å². The zero-order chi connectivity index (χ0) is 24.1. The number of carboxylic acids is 1. The molecule has 1 aliphatic heterocycles. The van der Waals surface area contributed by atoms with Gasteiger partial charge in [0.05, 0.1) is 16.3 Å². The molecule has 0 spiro atoms. The average Bonchev–Trinajstić information content (AvgIpc) is 3.36. The molecule has 1 aliphatic rings. The number of hydrogen-bond acceptors (Lipinski definition) is 5. The van der Waals surface area contributed by atoms with Crippen LogP contribution in [0.25, 0.3) is 23.0 Å². The van der Waals surface area contributed by atoms with Gasteiger partial charge in [0, 0.05) is 30.3 Å². The van der Waals surface area contributed by atoms with E-state index in [9.17, 15) is 9.59 Å². The van der Waals surface area contributed by atoms with E-state index in [-0.39, 0.29) is 12.3 Å². The maximum Gasteiger partial charge on any atom is 0.303 e. The van der Waals surface area contributed by atoms with Crippen LogP contribution < -0.4 is 0 Å². The van der Waals surface area contributed by atoms with Crippen molar-refractivity contribution in [2.24, 2.45) is 0 Å². The fourth-order valence-corrected chi connectivity index (χ4v) is 5.00. The zero-order valence-corrected chi connectivity index (χ0v) is 20.4. The minimum Gasteiger partial charge on any atom is -0.481 e. The van der Waals surface area contributed by atoms with Crippen molar-refractivity contribution in [1.82, 2.24) is 14.7 Å². The van der Waals surface area contributed by atoms with E-state index in [1.165, 1.54) is 11.8 Å². The van der Waals surface area contributed by atoms with E-state index in [4.69, 9.17) is 22.4 Å². The first-order valence-corrected chi connectivity index (χ1v) is 12.3. The molecule has 2 heterocycles. The first kappa shape index (κ1) is 23.9. The lowest BCUT2D eigenvalue weighted by Crippen LogP contribution is -2.29. The second-order valence-electron chi connectivity index (χ2n) is 8.12. The highest BCUT2D eigenvalue weighted by atomic mass is 32.2. The molecular weight excluding hydrogens is 466 g/mol. The monoisotopic (exact) mass is 491 g/mol. The van der Waals surface area contributed by atoms with Crippen LogP contribution in [-0.4, -0.2) is 42.5 Å². The number of aryl methyl sites for hydroxylation is 1. The van der Waals surface area contributed by atoms with Crippen molar-refractivity contribution in [2.45, 2.75) is 32.6 Å². The van der Waals surface area contributed by atoms with Crippen LogP contribution in [0.5, 0.6) is 0 Å². The summed E-state index contributed by atoms with van der Waals surface area (Å²) in [6, 6.07) is 18.0. The number of thiocarbonyl (C=S) groups is 1. The van der Waals surface area contributed by atoms with E-state index in [0.29, 0.717) is 28.6 Å². The van der Waals surface area contributed by atoms with E-state index >= 15 is 0 Å². The number of rotatable bonds is 9. The van der Waals surface area contributed by atoms with Gasteiger partial charge in [-0.25, -0.2) is 4.68 Å². The molecule has 34 heavy (non-hydrogen) atoms. The number of para-hydroxylation sites is 1. The molecule has 1 N–H and O–H groups in total. The molecule has 0 aliphatic carbocycles. The first-order chi connectivity index (χ1) is 16.4. The lowest BCUT2D eigenvalue weighted by molar-refractivity contribution is -0.137. The van der Waals surface area contributed by atoms with E-state index in [1.807, 2.05) is 78.5 Å². The number of unbranched alkanes of at least 4 members (excludes halogenated alkanes) is 2. The largest absolute Gasteiger partial charge is 0.481 e. The summed E-state index contributed by atoms with van der Waals surface area (Å²) in [6.45, 7) is 2.54. The van der Waals surface area contributed by atoms with E-state index in [0.717, 1.165) is 34.5 Å². The number of thioether (sulfide) groups is 1. The van der Waals surface area contributed by atoms with Crippen LogP contribution in [0.1, 0.15) is 36.8 Å². The van der Waals surface area contributed by atoms with Crippen molar-refractivity contribution in [1.29, 1.82) is 0 Å². The van der Waals surface area contributed by atoms with E-state index < -0.39 is 5.97 Å². The number of aromatic nitrogens is 2. The number of hydrogen-bond donors (Lipinski definition) is 1. The third-order valence-electron chi connectivity index (χ3n) is 5.52. The van der Waals surface area contributed by atoms with Crippen LogP contribution in [0.2, 0.25) is 0 Å². The van der Waals surface area contributed by atoms with Gasteiger partial charge in [0.2, 0.25) is 0 Å². The van der Waals surface area contributed by atoms with Gasteiger partial charge in [-0.1, -0.05) is 78.4 Å². The predicted octanol–water partition coefficient (Wildman–Crippen LogP) is 5.69. The molecule has 3 aromatic rings. The summed E-state index contributed by atoms with van der Waals surface area (Å²) in [4.78, 5) is 25.9. The molecule has 1 amide bonds. The number of carbonyl (C=O) groups excluding carboxylic acids is 1. The Bertz CT molecular complexity index is 1230. The SMILES string of the molecule is Cc1ccc(-c2nn(-c3ccccc3)cc2/C=C2/SC(=S)N(CCCCCC(=O)O)C2=O)cc1. The lowest BCUT2D eigenvalue weighted by Gasteiger charge is -2.13. The van der Waals surface area contributed by atoms with E-state index in [1.54, 1.807) is 4.90 Å². The van der Waals surface area contributed by atoms with Gasteiger partial charge in [0.25, 0.3) is 5.91 Å². The van der Waals surface area contributed by atoms with Crippen LogP contribution in [-0.2, 0) is 9.59 Å². The molecule has 0 saturated carbocycles. The Kier molecular flexibility index (Phi) is 7.59. The predicted molar refractivity (Wildman–Crippen MR) is 140 cm³/mol. The summed E-state index contributed by atoms with van der Waals surface area (Å²) in [7, 11) is 0. The number of nitrogens with zero attached hydrogens (tertiary/aromatic N) is 3. The van der Waals surface area contributed by atoms with Crippen molar-refractivity contribution in [3.05, 3.63) is 76.8 Å². The Morgan fingerprint density at radius 3 is 2.53 bits per heavy atom. The first-order valence-electron chi connectivity index (χ1n) is 11.1. The Labute approximate surface area is 208 Å². The Morgan fingerprint density at radius 1 is 1.09 bits per heavy atom. The van der Waals surface area contributed by atoms with Crippen LogP contribution in [0.15, 0.2) is 65.7 Å². The molecule has 0 radical (unpaired) electrons. The molecule has 8 heteroatoms. The highest BCUT2D eigenvalue weighted by Crippen LogP contribution is 2.35. The van der Waals surface area contributed by atoms with Crippen molar-refractivity contribution in [2.75, 3.05) is 6.54 Å². The number of aliphatic carboxylic acids is 1. The molecule has 0 bridgehead atoms. The van der Waals surface area contributed by atoms with Gasteiger partial charge in [0.1, 0.15) is 4.32 Å². The number of carboxylic acid groups (broad SMARTS) is 1. The van der Waals surface area contributed by atoms with Crippen LogP contribution in [0.4, 0.5) is 0 Å². The maximum atomic E-state index is 13.1. The van der Waals surface area contributed by atoms with Gasteiger partial charge in [-0.2, -0.15) is 5.10 Å². The highest BCUT2D eigenvalue weighted by Gasteiger charge is 2.32. The smallest absolute Gasteiger partial charge is 0.303 e. The maximum absolute atomic E-state index is 13.1. The minimum absolute atomic E-state index is 0.115. The fourth-order valence-electron chi connectivity index (χ4n) is 3.70. The van der Waals surface area contributed by atoms with Gasteiger partial charge < -0.3 is 5.11 Å². The average molecular weight is 492 g/mol. The van der Waals surface area contributed by atoms with Crippen LogP contribution in [0.3, 0.4) is 0 Å². The molecular formula is C26H25N3O3S2. The summed E-state index contributed by atoms with van der Waals surface area (Å²) in [6.07, 6.45) is 6.00. The summed E-state index contributed by atoms with van der Waals surface area (Å²) >= 11 is 6.76. The van der Waals surface area contributed by atoms with Crippen molar-refractivity contribution < 1.29 is 14.7 Å². The molecule has 0 atom stereocenters. The Hall–Kier alpha value is -3.23. The molecule has 4 rings (SSSR count). The minimum atomic E-state index is -0.797. The summed E-state index contributed by atoms with van der Waals surface area (Å²) < 4.78 is 2.35. The summed E-state index contributed by atoms with van der Waals surface area (Å²) in [5, 5.41) is 13.6. The van der Waals surface area contributed by atoms with Crippen LogP contribution in [0, 0.1) is 6.92 Å². The highest BCUT2D eigenvalue weighted by molar-refractivity contribution is 8.26. The lowest BCUT2D eigenvalue weighted by atomic mass is 10.1. The molecule has 1 aromatic heterocycles. The standard InChI is InChI=1S/C26H25N3O3S2/c1-18-11-13-19(14-12-18)24-20(17-29(27-24)21-8-4-2-5-9-21)16-22-25(32)28(26(33)34-22)15-7-3-6-10-23(30)31/h2,4-5,8-9,11-14,16-17H,3,6-7,10,15H2,1H3,(H,30,31)/b22-16+. The van der Waals surface area contributed by atoms with Crippen molar-refractivity contribution in [3.8, 4) is 16.9 Å². The third-order valence-corrected chi connectivity index (χ3v) is 6.90. The third kappa shape index (κ3) is 5.63. The van der Waals surface area contributed by atoms with E-state index in [2.05, 4.69) is 0 Å². The number of carbonyl (C=O) groups is 2. The van der Waals surface area contributed by atoms with Crippen LogP contribution >= 0.6 is 24.0 Å². The molecule has 6 nitrogen and oxygen atoms in total. The van der Waals surface area contributed by atoms with Gasteiger partial charge in [0.15, 0.2) is 0 Å². The normalized spacial score (nSPS) is 14.9. The second-order valence-corrected chi connectivity index (χ2v) is 9.79. The molecule has 1 fully saturated rings. The molecule has 2 aromatic carbocycles. The van der Waals surface area contributed by atoms with Gasteiger partial charge in [-0.05, 0) is 38.0 Å². The number of amides is 1. The molecule has 0 unspecified atom stereocenters. The van der Waals surface area contributed by atoms with Gasteiger partial charge in [-0.15, -0.1) is 0 Å². The quantitative estimate of drug-likeness (QED) is 0.235. The van der Waals surface area contributed by atoms with Gasteiger partial charge >= 0.3 is 5.97 Å². The topological polar surface area (TPSA) is 75.4 Å². The summed E-state index contributed by atoms with van der Waals surface area (Å²) in [5.74, 6) is -0.912. The Morgan fingerprint density at radius 2 is 1.82 bits per heavy atom. The Balaban J connectivity index is 1.59. The summed E-state index contributed by atoms with van der Waals surface area (Å²) in [5.41, 5.74) is 4.71.